The molecule has 16 heavy (non-hydrogen) atoms. The van der Waals surface area contributed by atoms with Crippen LogP contribution in [0.4, 0.5) is 0 Å². The largest absolute Gasteiger partial charge is 0.370 e. The van der Waals surface area contributed by atoms with E-state index in [1.54, 1.807) is 14.2 Å². The molecule has 0 spiro atoms. The minimum atomic E-state index is -0.190. The van der Waals surface area contributed by atoms with Crippen LogP contribution in [0.1, 0.15) is 19.3 Å². The molecule has 1 rings (SSSR count). The fourth-order valence-corrected chi connectivity index (χ4v) is 2.11. The third-order valence-electron chi connectivity index (χ3n) is 3.13. The smallest absolute Gasteiger partial charge is 0.217 e. The average molecular weight is 230 g/mol. The molecule has 0 aliphatic carbocycles. The number of piperidine rings is 1. The van der Waals surface area contributed by atoms with Crippen molar-refractivity contribution < 1.29 is 14.3 Å². The van der Waals surface area contributed by atoms with Gasteiger partial charge in [0.1, 0.15) is 0 Å². The highest BCUT2D eigenvalue weighted by atomic mass is 16.7. The number of amides is 1. The molecule has 0 aromatic carbocycles. The quantitative estimate of drug-likeness (QED) is 0.662. The molecule has 5 heteroatoms. The molecule has 5 nitrogen and oxygen atoms in total. The lowest BCUT2D eigenvalue weighted by Gasteiger charge is -2.33. The Hall–Kier alpha value is -0.650. The van der Waals surface area contributed by atoms with E-state index >= 15 is 0 Å². The fraction of sp³-hybridized carbons (Fsp3) is 0.909. The zero-order valence-corrected chi connectivity index (χ0v) is 10.1. The molecule has 1 heterocycles. The predicted molar refractivity (Wildman–Crippen MR) is 60.8 cm³/mol. The summed E-state index contributed by atoms with van der Waals surface area (Å²) in [6.45, 7) is 2.76. The first-order valence-corrected chi connectivity index (χ1v) is 5.72. The lowest BCUT2D eigenvalue weighted by molar-refractivity contribution is -0.122. The molecule has 2 N–H and O–H groups in total. The van der Waals surface area contributed by atoms with Gasteiger partial charge in [0, 0.05) is 27.2 Å². The molecule has 0 unspecified atom stereocenters. The predicted octanol–water partition coefficient (Wildman–Crippen LogP) is 0.193. The Morgan fingerprint density at radius 3 is 2.38 bits per heavy atom. The van der Waals surface area contributed by atoms with Crippen LogP contribution in [0.25, 0.3) is 0 Å². The van der Waals surface area contributed by atoms with Gasteiger partial charge >= 0.3 is 0 Å². The van der Waals surface area contributed by atoms with Gasteiger partial charge in [-0.2, -0.15) is 0 Å². The lowest BCUT2D eigenvalue weighted by atomic mass is 9.93. The molecule has 1 saturated heterocycles. The van der Waals surface area contributed by atoms with Crippen molar-refractivity contribution in [2.24, 2.45) is 11.7 Å². The first kappa shape index (κ1) is 13.4. The summed E-state index contributed by atoms with van der Waals surface area (Å²) in [5.74, 6) is 0.266. The lowest BCUT2D eigenvalue weighted by Crippen LogP contribution is -2.40. The highest BCUT2D eigenvalue weighted by molar-refractivity contribution is 5.73. The Kier molecular flexibility index (Phi) is 5.73. The summed E-state index contributed by atoms with van der Waals surface area (Å²) < 4.78 is 10.3. The summed E-state index contributed by atoms with van der Waals surface area (Å²) in [4.78, 5) is 13.1. The average Bonchev–Trinajstić information content (AvgIpc) is 2.27. The Balaban J connectivity index is 2.23. The maximum atomic E-state index is 10.8. The summed E-state index contributed by atoms with van der Waals surface area (Å²) in [6.07, 6.45) is 2.42. The molecule has 0 aromatic heterocycles. The first-order chi connectivity index (χ1) is 7.65. The van der Waals surface area contributed by atoms with E-state index < -0.39 is 0 Å². The first-order valence-electron chi connectivity index (χ1n) is 5.72. The van der Waals surface area contributed by atoms with Crippen LogP contribution in [0.3, 0.4) is 0 Å². The van der Waals surface area contributed by atoms with Crippen LogP contribution in [0, 0.1) is 5.92 Å². The van der Waals surface area contributed by atoms with E-state index in [2.05, 4.69) is 4.90 Å². The number of rotatable bonds is 6. The number of nitrogens with two attached hydrogens (primary N) is 1. The normalized spacial score (nSPS) is 19.2. The number of hydrogen-bond acceptors (Lipinski definition) is 4. The van der Waals surface area contributed by atoms with Gasteiger partial charge in [-0.1, -0.05) is 0 Å². The maximum Gasteiger partial charge on any atom is 0.217 e. The number of primary amides is 1. The van der Waals surface area contributed by atoms with Crippen LogP contribution in [0.2, 0.25) is 0 Å². The van der Waals surface area contributed by atoms with Crippen molar-refractivity contribution in [1.29, 1.82) is 0 Å². The maximum absolute atomic E-state index is 10.8. The monoisotopic (exact) mass is 230 g/mol. The van der Waals surface area contributed by atoms with E-state index in [4.69, 9.17) is 15.2 Å². The molecule has 0 saturated carbocycles. The van der Waals surface area contributed by atoms with E-state index in [1.165, 1.54) is 0 Å². The van der Waals surface area contributed by atoms with Gasteiger partial charge in [0.25, 0.3) is 0 Å². The molecule has 94 valence electrons. The van der Waals surface area contributed by atoms with Gasteiger partial charge in [0.2, 0.25) is 5.91 Å². The molecule has 1 fully saturated rings. The van der Waals surface area contributed by atoms with E-state index in [1.807, 2.05) is 0 Å². The zero-order chi connectivity index (χ0) is 12.0. The van der Waals surface area contributed by atoms with Crippen molar-refractivity contribution in [3.63, 3.8) is 0 Å². The molecule has 1 aliphatic rings. The molecule has 1 amide bonds. The van der Waals surface area contributed by atoms with Crippen molar-refractivity contribution in [2.45, 2.75) is 25.6 Å². The molecular weight excluding hydrogens is 208 g/mol. The molecular formula is C11H22N2O3. The number of carbonyl (C=O) groups is 1. The summed E-state index contributed by atoms with van der Waals surface area (Å²) in [5.41, 5.74) is 5.19. The minimum Gasteiger partial charge on any atom is -0.370 e. The Morgan fingerprint density at radius 2 is 1.94 bits per heavy atom. The highest BCUT2D eigenvalue weighted by Crippen LogP contribution is 2.20. The Morgan fingerprint density at radius 1 is 1.38 bits per heavy atom. The molecule has 1 aliphatic heterocycles. The van der Waals surface area contributed by atoms with Gasteiger partial charge in [-0.05, 0) is 31.8 Å². The summed E-state index contributed by atoms with van der Waals surface area (Å²) in [6, 6.07) is 0. The number of ether oxygens (including phenoxy) is 2. The van der Waals surface area contributed by atoms with E-state index in [-0.39, 0.29) is 12.2 Å². The van der Waals surface area contributed by atoms with Crippen LogP contribution in [0.5, 0.6) is 0 Å². The van der Waals surface area contributed by atoms with Gasteiger partial charge in [-0.25, -0.2) is 0 Å². The second-order valence-corrected chi connectivity index (χ2v) is 4.32. The minimum absolute atomic E-state index is 0.160. The van der Waals surface area contributed by atoms with E-state index in [0.29, 0.717) is 12.3 Å². The van der Waals surface area contributed by atoms with Crippen molar-refractivity contribution in [3.8, 4) is 0 Å². The SMILES string of the molecule is COC(CN1CCC(CC(N)=O)CC1)OC. The Bertz CT molecular complexity index is 211. The standard InChI is InChI=1S/C11H22N2O3/c1-15-11(16-2)8-13-5-3-9(4-6-13)7-10(12)14/h9,11H,3-8H2,1-2H3,(H2,12,14). The Labute approximate surface area is 96.9 Å². The van der Waals surface area contributed by atoms with Crippen LogP contribution < -0.4 is 5.73 Å². The molecule has 0 atom stereocenters. The highest BCUT2D eigenvalue weighted by Gasteiger charge is 2.22. The van der Waals surface area contributed by atoms with Gasteiger partial charge in [-0.3, -0.25) is 9.69 Å². The zero-order valence-electron chi connectivity index (χ0n) is 10.1. The fourth-order valence-electron chi connectivity index (χ4n) is 2.11. The van der Waals surface area contributed by atoms with Gasteiger partial charge < -0.3 is 15.2 Å². The number of hydrogen-bond donors (Lipinski definition) is 1. The van der Waals surface area contributed by atoms with Crippen LogP contribution >= 0.6 is 0 Å². The summed E-state index contributed by atoms with van der Waals surface area (Å²) in [7, 11) is 3.29. The van der Waals surface area contributed by atoms with Gasteiger partial charge in [0.05, 0.1) is 0 Å². The molecule has 0 radical (unpaired) electrons. The van der Waals surface area contributed by atoms with Crippen LogP contribution in [-0.2, 0) is 14.3 Å². The second-order valence-electron chi connectivity index (χ2n) is 4.32. The van der Waals surface area contributed by atoms with Gasteiger partial charge in [0.15, 0.2) is 6.29 Å². The number of methoxy groups -OCH3 is 2. The number of nitrogens with zero attached hydrogens (tertiary/aromatic N) is 1. The van der Waals surface area contributed by atoms with E-state index in [0.717, 1.165) is 32.5 Å². The van der Waals surface area contributed by atoms with Crippen molar-refractivity contribution in [1.82, 2.24) is 4.90 Å². The third-order valence-corrected chi connectivity index (χ3v) is 3.13. The van der Waals surface area contributed by atoms with E-state index in [9.17, 15) is 4.79 Å². The molecule has 0 bridgehead atoms. The van der Waals surface area contributed by atoms with Gasteiger partial charge in [-0.15, -0.1) is 0 Å². The number of likely N-dealkylation sites (tertiary alicyclic amines) is 1. The van der Waals surface area contributed by atoms with Crippen molar-refractivity contribution >= 4 is 5.91 Å². The molecule has 0 aromatic rings. The van der Waals surface area contributed by atoms with Crippen LogP contribution in [-0.4, -0.2) is 51.0 Å². The number of carbonyl (C=O) groups excluding carboxylic acids is 1. The van der Waals surface area contributed by atoms with Crippen molar-refractivity contribution in [3.05, 3.63) is 0 Å². The van der Waals surface area contributed by atoms with Crippen molar-refractivity contribution in [2.75, 3.05) is 33.9 Å². The summed E-state index contributed by atoms with van der Waals surface area (Å²) >= 11 is 0. The van der Waals surface area contributed by atoms with Crippen LogP contribution in [0.15, 0.2) is 0 Å². The second kappa shape index (κ2) is 6.83. The summed E-state index contributed by atoms with van der Waals surface area (Å²) in [5, 5.41) is 0. The third kappa shape index (κ3) is 4.47. The topological polar surface area (TPSA) is 64.8 Å².